The molecule has 1 aromatic heterocycles. The molecule has 3 rings (SSSR count). The number of fused-ring (bicyclic) bond motifs is 1. The smallest absolute Gasteiger partial charge is 0.310 e. The molecule has 1 saturated heterocycles. The van der Waals surface area contributed by atoms with Crippen LogP contribution in [-0.4, -0.2) is 34.0 Å². The molecule has 4 nitrogen and oxygen atoms in total. The van der Waals surface area contributed by atoms with Gasteiger partial charge in [-0.1, -0.05) is 12.1 Å². The van der Waals surface area contributed by atoms with E-state index in [0.717, 1.165) is 28.5 Å². The van der Waals surface area contributed by atoms with Gasteiger partial charge in [0.2, 0.25) is 0 Å². The molecule has 1 N–H and O–H groups in total. The fourth-order valence-corrected chi connectivity index (χ4v) is 3.41. The average molecular weight is 349 g/mol. The van der Waals surface area contributed by atoms with E-state index in [1.165, 1.54) is 5.56 Å². The highest BCUT2D eigenvalue weighted by atomic mass is 79.9. The lowest BCUT2D eigenvalue weighted by Gasteiger charge is -2.20. The van der Waals surface area contributed by atoms with Gasteiger partial charge in [0.05, 0.1) is 10.9 Å². The summed E-state index contributed by atoms with van der Waals surface area (Å²) in [6.45, 7) is 4.01. The Hall–Kier alpha value is -1.46. The Morgan fingerprint density at radius 1 is 1.48 bits per heavy atom. The van der Waals surface area contributed by atoms with Crippen LogP contribution in [-0.2, 0) is 11.3 Å². The Morgan fingerprint density at radius 2 is 2.29 bits per heavy atom. The van der Waals surface area contributed by atoms with E-state index in [1.54, 1.807) is 0 Å². The fourth-order valence-electron chi connectivity index (χ4n) is 2.94. The number of pyridine rings is 1. The van der Waals surface area contributed by atoms with E-state index >= 15 is 0 Å². The fraction of sp³-hybridized carbons (Fsp3) is 0.375. The van der Waals surface area contributed by atoms with Crippen LogP contribution in [0.5, 0.6) is 0 Å². The minimum Gasteiger partial charge on any atom is -0.481 e. The van der Waals surface area contributed by atoms with E-state index in [9.17, 15) is 9.90 Å². The van der Waals surface area contributed by atoms with E-state index in [0.29, 0.717) is 13.0 Å². The number of rotatable bonds is 3. The second-order valence-electron chi connectivity index (χ2n) is 5.93. The van der Waals surface area contributed by atoms with E-state index in [4.69, 9.17) is 0 Å². The highest BCUT2D eigenvalue weighted by Gasteiger charge is 2.40. The normalized spacial score (nSPS) is 22.8. The molecule has 0 radical (unpaired) electrons. The van der Waals surface area contributed by atoms with Gasteiger partial charge in [-0.15, -0.1) is 0 Å². The molecule has 21 heavy (non-hydrogen) atoms. The molecule has 2 aromatic rings. The number of hydrogen-bond donors (Lipinski definition) is 1. The molecular formula is C16H17BrN2O2. The number of aromatic nitrogens is 1. The molecule has 1 aliphatic rings. The molecule has 0 bridgehead atoms. The van der Waals surface area contributed by atoms with Crippen LogP contribution < -0.4 is 0 Å². The van der Waals surface area contributed by atoms with Crippen LogP contribution in [0.3, 0.4) is 0 Å². The van der Waals surface area contributed by atoms with Gasteiger partial charge in [-0.3, -0.25) is 14.7 Å². The van der Waals surface area contributed by atoms with Crippen LogP contribution in [0, 0.1) is 5.41 Å². The van der Waals surface area contributed by atoms with Crippen molar-refractivity contribution < 1.29 is 9.90 Å². The van der Waals surface area contributed by atoms with E-state index in [2.05, 4.69) is 31.9 Å². The summed E-state index contributed by atoms with van der Waals surface area (Å²) < 4.78 is 0.985. The van der Waals surface area contributed by atoms with Gasteiger partial charge in [-0.25, -0.2) is 0 Å². The number of halogens is 1. The maximum absolute atomic E-state index is 11.3. The Kier molecular flexibility index (Phi) is 3.71. The monoisotopic (exact) mass is 348 g/mol. The van der Waals surface area contributed by atoms with E-state index < -0.39 is 11.4 Å². The quantitative estimate of drug-likeness (QED) is 0.924. The predicted octanol–water partition coefficient (Wildman–Crippen LogP) is 3.29. The molecule has 5 heteroatoms. The number of aliphatic carboxylic acids is 1. The maximum atomic E-state index is 11.3. The van der Waals surface area contributed by atoms with Gasteiger partial charge in [0.15, 0.2) is 0 Å². The average Bonchev–Trinajstić information content (AvgIpc) is 2.83. The molecule has 1 fully saturated rings. The number of hydrogen-bond acceptors (Lipinski definition) is 3. The van der Waals surface area contributed by atoms with Gasteiger partial charge in [0, 0.05) is 29.1 Å². The van der Waals surface area contributed by atoms with Crippen molar-refractivity contribution in [3.63, 3.8) is 0 Å². The van der Waals surface area contributed by atoms with Crippen LogP contribution in [0.15, 0.2) is 34.9 Å². The molecule has 1 atom stereocenters. The molecule has 0 spiro atoms. The summed E-state index contributed by atoms with van der Waals surface area (Å²) in [5, 5.41) is 10.4. The Bertz CT molecular complexity index is 704. The van der Waals surface area contributed by atoms with E-state index in [-0.39, 0.29) is 0 Å². The molecule has 2 heterocycles. The number of carboxylic acid groups (broad SMARTS) is 1. The van der Waals surface area contributed by atoms with Crippen molar-refractivity contribution in [1.82, 2.24) is 9.88 Å². The lowest BCUT2D eigenvalue weighted by molar-refractivity contribution is -0.147. The molecule has 110 valence electrons. The highest BCUT2D eigenvalue weighted by Crippen LogP contribution is 2.32. The van der Waals surface area contributed by atoms with Crippen LogP contribution in [0.25, 0.3) is 10.9 Å². The molecule has 1 unspecified atom stereocenters. The van der Waals surface area contributed by atoms with Gasteiger partial charge in [-0.05, 0) is 53.5 Å². The maximum Gasteiger partial charge on any atom is 0.310 e. The van der Waals surface area contributed by atoms with Crippen LogP contribution in [0.4, 0.5) is 0 Å². The number of benzene rings is 1. The van der Waals surface area contributed by atoms with Crippen molar-refractivity contribution in [3.8, 4) is 0 Å². The summed E-state index contributed by atoms with van der Waals surface area (Å²) in [5.41, 5.74) is 1.52. The molecule has 0 saturated carbocycles. The third-order valence-corrected chi connectivity index (χ3v) is 4.91. The van der Waals surface area contributed by atoms with E-state index in [1.807, 2.05) is 31.3 Å². The van der Waals surface area contributed by atoms with Crippen LogP contribution in [0.1, 0.15) is 18.9 Å². The zero-order valence-electron chi connectivity index (χ0n) is 11.8. The minimum atomic E-state index is -0.702. The Balaban J connectivity index is 1.87. The van der Waals surface area contributed by atoms with Crippen molar-refractivity contribution in [2.24, 2.45) is 5.41 Å². The third kappa shape index (κ3) is 2.68. The first-order valence-corrected chi connectivity index (χ1v) is 7.77. The molecule has 0 amide bonds. The summed E-state index contributed by atoms with van der Waals surface area (Å²) in [6.07, 6.45) is 2.52. The first-order valence-electron chi connectivity index (χ1n) is 6.97. The summed E-state index contributed by atoms with van der Waals surface area (Å²) in [4.78, 5) is 18.0. The van der Waals surface area contributed by atoms with Gasteiger partial charge in [0.25, 0.3) is 0 Å². The Morgan fingerprint density at radius 3 is 3.00 bits per heavy atom. The van der Waals surface area contributed by atoms with Crippen LogP contribution >= 0.6 is 15.9 Å². The minimum absolute atomic E-state index is 0.597. The zero-order valence-corrected chi connectivity index (χ0v) is 13.4. The van der Waals surface area contributed by atoms with Gasteiger partial charge in [0.1, 0.15) is 0 Å². The highest BCUT2D eigenvalue weighted by molar-refractivity contribution is 9.10. The summed E-state index contributed by atoms with van der Waals surface area (Å²) in [6, 6.07) is 8.07. The summed E-state index contributed by atoms with van der Waals surface area (Å²) >= 11 is 3.53. The third-order valence-electron chi connectivity index (χ3n) is 4.27. The second-order valence-corrected chi connectivity index (χ2v) is 6.79. The standard InChI is InChI=1S/C16H17BrN2O2/c1-16(15(20)21)6-8-19(10-16)9-11-5-7-18-14-12(11)3-2-4-13(14)17/h2-5,7H,6,8-10H2,1H3,(H,20,21). The lowest BCUT2D eigenvalue weighted by atomic mass is 9.90. The van der Waals surface area contributed by atoms with Gasteiger partial charge >= 0.3 is 5.97 Å². The summed E-state index contributed by atoms with van der Waals surface area (Å²) in [7, 11) is 0. The topological polar surface area (TPSA) is 53.4 Å². The van der Waals surface area contributed by atoms with Gasteiger partial charge < -0.3 is 5.11 Å². The van der Waals surface area contributed by atoms with Crippen molar-refractivity contribution in [2.45, 2.75) is 19.9 Å². The number of likely N-dealkylation sites (tertiary alicyclic amines) is 1. The molecule has 1 aliphatic heterocycles. The lowest BCUT2D eigenvalue weighted by Crippen LogP contribution is -2.31. The number of para-hydroxylation sites is 1. The molecular weight excluding hydrogens is 332 g/mol. The number of carbonyl (C=O) groups is 1. The summed E-state index contributed by atoms with van der Waals surface area (Å²) in [5.74, 6) is -0.702. The van der Waals surface area contributed by atoms with Crippen LogP contribution in [0.2, 0.25) is 0 Å². The Labute approximate surface area is 131 Å². The van der Waals surface area contributed by atoms with Crippen molar-refractivity contribution in [2.75, 3.05) is 13.1 Å². The number of nitrogens with zero attached hydrogens (tertiary/aromatic N) is 2. The first kappa shape index (κ1) is 14.5. The van der Waals surface area contributed by atoms with Crippen molar-refractivity contribution in [3.05, 3.63) is 40.5 Å². The predicted molar refractivity (Wildman–Crippen MR) is 85.1 cm³/mol. The number of carboxylic acids is 1. The first-order chi connectivity index (χ1) is 9.99. The van der Waals surface area contributed by atoms with Gasteiger partial charge in [-0.2, -0.15) is 0 Å². The zero-order chi connectivity index (χ0) is 15.0. The van der Waals surface area contributed by atoms with Crippen molar-refractivity contribution in [1.29, 1.82) is 0 Å². The largest absolute Gasteiger partial charge is 0.481 e. The molecule has 0 aliphatic carbocycles. The van der Waals surface area contributed by atoms with Crippen molar-refractivity contribution >= 4 is 32.8 Å². The molecule has 1 aromatic carbocycles. The SMILES string of the molecule is CC1(C(=O)O)CCN(Cc2ccnc3c(Br)cccc23)C1. The second kappa shape index (κ2) is 5.39.